The van der Waals surface area contributed by atoms with Crippen LogP contribution in [0.1, 0.15) is 35.1 Å². The van der Waals surface area contributed by atoms with Gasteiger partial charge in [-0.1, -0.05) is 36.3 Å². The predicted octanol–water partition coefficient (Wildman–Crippen LogP) is 4.70. The van der Waals surface area contributed by atoms with Crippen LogP contribution in [0.2, 0.25) is 0 Å². The van der Waals surface area contributed by atoms with Crippen molar-refractivity contribution in [2.45, 2.75) is 33.8 Å². The molecule has 4 rings (SSSR count). The summed E-state index contributed by atoms with van der Waals surface area (Å²) in [7, 11) is 0. The number of aryl methyl sites for hydroxylation is 3. The maximum atomic E-state index is 13.0. The van der Waals surface area contributed by atoms with Crippen molar-refractivity contribution in [3.63, 3.8) is 0 Å². The normalized spacial score (nSPS) is 14.9. The lowest BCUT2D eigenvalue weighted by molar-refractivity contribution is -0.113. The molecule has 1 N–H and O–H groups in total. The molecular formula is C24H23N3O3S. The molecule has 2 heterocycles. The second-order valence-electron chi connectivity index (χ2n) is 7.31. The van der Waals surface area contributed by atoms with Gasteiger partial charge in [0.05, 0.1) is 16.9 Å². The second-order valence-corrected chi connectivity index (χ2v) is 7.70. The molecule has 3 aromatic rings. The van der Waals surface area contributed by atoms with Crippen molar-refractivity contribution in [1.29, 1.82) is 0 Å². The van der Waals surface area contributed by atoms with Gasteiger partial charge < -0.3 is 14.6 Å². The Kier molecular flexibility index (Phi) is 5.86. The zero-order valence-corrected chi connectivity index (χ0v) is 18.5. The van der Waals surface area contributed by atoms with Crippen LogP contribution in [-0.4, -0.2) is 16.2 Å². The van der Waals surface area contributed by atoms with Crippen LogP contribution in [0, 0.1) is 13.8 Å². The van der Waals surface area contributed by atoms with E-state index in [0.29, 0.717) is 17.4 Å². The predicted molar refractivity (Wildman–Crippen MR) is 124 cm³/mol. The monoisotopic (exact) mass is 433 g/mol. The van der Waals surface area contributed by atoms with Crippen LogP contribution in [0.3, 0.4) is 0 Å². The van der Waals surface area contributed by atoms with E-state index in [-0.39, 0.29) is 5.91 Å². The molecule has 7 heteroatoms. The molecule has 0 bridgehead atoms. The minimum absolute atomic E-state index is 0.169. The van der Waals surface area contributed by atoms with Gasteiger partial charge in [-0.25, -0.2) is 0 Å². The summed E-state index contributed by atoms with van der Waals surface area (Å²) in [4.78, 5) is 14.5. The Morgan fingerprint density at radius 2 is 1.97 bits per heavy atom. The lowest BCUT2D eigenvalue weighted by atomic mass is 10.1. The minimum Gasteiger partial charge on any atom is -0.489 e. The number of hydrogen-bond donors (Lipinski definition) is 1. The molecular weight excluding hydrogens is 410 g/mol. The fraction of sp³-hybridized carbons (Fsp3) is 0.208. The largest absolute Gasteiger partial charge is 0.489 e. The first kappa shape index (κ1) is 20.8. The molecule has 0 atom stereocenters. The number of rotatable bonds is 6. The van der Waals surface area contributed by atoms with E-state index in [1.165, 1.54) is 4.90 Å². The van der Waals surface area contributed by atoms with Crippen molar-refractivity contribution in [2.24, 2.45) is 0 Å². The van der Waals surface area contributed by atoms with E-state index < -0.39 is 0 Å². The van der Waals surface area contributed by atoms with Crippen LogP contribution in [0.5, 0.6) is 5.75 Å². The van der Waals surface area contributed by atoms with Gasteiger partial charge in [0.15, 0.2) is 5.11 Å². The fourth-order valence-electron chi connectivity index (χ4n) is 3.38. The topological polar surface area (TPSA) is 67.6 Å². The van der Waals surface area contributed by atoms with E-state index in [9.17, 15) is 4.79 Å². The maximum absolute atomic E-state index is 13.0. The summed E-state index contributed by atoms with van der Waals surface area (Å²) in [5, 5.41) is 7.34. The second kappa shape index (κ2) is 8.73. The summed E-state index contributed by atoms with van der Waals surface area (Å²) in [6.07, 6.45) is 2.68. The lowest BCUT2D eigenvalue weighted by Gasteiger charge is -2.14. The standard InChI is InChI=1S/C24H23N3O3S/c1-4-17-6-5-7-19(12-17)27-23(28)22(25-24(27)31)13-18-8-10-20(11-9-18)29-14-21-15(2)26-30-16(21)3/h5-13H,4,14H2,1-3H3,(H,25,31)/b22-13+. The molecule has 1 fully saturated rings. The molecule has 1 aliphatic rings. The van der Waals surface area contributed by atoms with Crippen molar-refractivity contribution in [1.82, 2.24) is 10.5 Å². The lowest BCUT2D eigenvalue weighted by Crippen LogP contribution is -2.30. The number of nitrogens with one attached hydrogen (secondary N) is 1. The molecule has 31 heavy (non-hydrogen) atoms. The van der Waals surface area contributed by atoms with Crippen molar-refractivity contribution >= 4 is 35.0 Å². The molecule has 2 aromatic carbocycles. The van der Waals surface area contributed by atoms with Crippen LogP contribution in [0.15, 0.2) is 58.8 Å². The van der Waals surface area contributed by atoms with Crippen molar-refractivity contribution in [3.05, 3.63) is 82.4 Å². The molecule has 0 saturated carbocycles. The number of benzene rings is 2. The number of anilines is 1. The van der Waals surface area contributed by atoms with Crippen molar-refractivity contribution in [3.8, 4) is 5.75 Å². The Balaban J connectivity index is 1.47. The Hall–Kier alpha value is -3.45. The molecule has 0 aliphatic carbocycles. The average molecular weight is 434 g/mol. The van der Waals surface area contributed by atoms with Gasteiger partial charge in [-0.3, -0.25) is 9.69 Å². The van der Waals surface area contributed by atoms with Gasteiger partial charge in [0.25, 0.3) is 5.91 Å². The zero-order valence-electron chi connectivity index (χ0n) is 17.6. The average Bonchev–Trinajstić information content (AvgIpc) is 3.24. The highest BCUT2D eigenvalue weighted by atomic mass is 32.1. The number of carbonyl (C=O) groups excluding carboxylic acids is 1. The first-order valence-electron chi connectivity index (χ1n) is 10.1. The third-order valence-corrected chi connectivity index (χ3v) is 5.50. The summed E-state index contributed by atoms with van der Waals surface area (Å²) in [5.74, 6) is 1.31. The Labute approximate surface area is 186 Å². The summed E-state index contributed by atoms with van der Waals surface area (Å²) >= 11 is 5.41. The number of carbonyl (C=O) groups is 1. The highest BCUT2D eigenvalue weighted by molar-refractivity contribution is 7.80. The molecule has 0 radical (unpaired) electrons. The zero-order chi connectivity index (χ0) is 22.0. The van der Waals surface area contributed by atoms with Gasteiger partial charge in [0.2, 0.25) is 0 Å². The summed E-state index contributed by atoms with van der Waals surface area (Å²) < 4.78 is 11.0. The number of nitrogens with zero attached hydrogens (tertiary/aromatic N) is 2. The molecule has 1 aromatic heterocycles. The number of amides is 1. The summed E-state index contributed by atoms with van der Waals surface area (Å²) in [5.41, 5.74) is 5.01. The smallest absolute Gasteiger partial charge is 0.281 e. The Morgan fingerprint density at radius 3 is 2.65 bits per heavy atom. The molecule has 1 amide bonds. The quantitative estimate of drug-likeness (QED) is 0.449. The Bertz CT molecular complexity index is 1150. The van der Waals surface area contributed by atoms with E-state index in [2.05, 4.69) is 17.4 Å². The van der Waals surface area contributed by atoms with Gasteiger partial charge in [0, 0.05) is 0 Å². The van der Waals surface area contributed by atoms with Crippen LogP contribution >= 0.6 is 12.2 Å². The van der Waals surface area contributed by atoms with Crippen LogP contribution in [0.25, 0.3) is 6.08 Å². The fourth-order valence-corrected chi connectivity index (χ4v) is 3.67. The van der Waals surface area contributed by atoms with Crippen molar-refractivity contribution < 1.29 is 14.1 Å². The minimum atomic E-state index is -0.169. The summed E-state index contributed by atoms with van der Waals surface area (Å²) in [6, 6.07) is 15.4. The molecule has 158 valence electrons. The summed E-state index contributed by atoms with van der Waals surface area (Å²) in [6.45, 7) is 6.23. The van der Waals surface area contributed by atoms with Crippen LogP contribution in [0.4, 0.5) is 5.69 Å². The van der Waals surface area contributed by atoms with Gasteiger partial charge in [-0.15, -0.1) is 0 Å². The highest BCUT2D eigenvalue weighted by Crippen LogP contribution is 2.24. The van der Waals surface area contributed by atoms with Gasteiger partial charge >= 0.3 is 0 Å². The van der Waals surface area contributed by atoms with Crippen LogP contribution < -0.4 is 15.0 Å². The van der Waals surface area contributed by atoms with E-state index in [1.807, 2.05) is 62.4 Å². The number of thiocarbonyl (C=S) groups is 1. The van der Waals surface area contributed by atoms with Crippen LogP contribution in [-0.2, 0) is 17.8 Å². The molecule has 1 aliphatic heterocycles. The van der Waals surface area contributed by atoms with E-state index in [0.717, 1.165) is 46.0 Å². The molecule has 0 unspecified atom stereocenters. The van der Waals surface area contributed by atoms with Gasteiger partial charge in [0.1, 0.15) is 23.8 Å². The van der Waals surface area contributed by atoms with E-state index in [1.54, 1.807) is 6.08 Å². The molecule has 6 nitrogen and oxygen atoms in total. The Morgan fingerprint density at radius 1 is 1.19 bits per heavy atom. The van der Waals surface area contributed by atoms with Crippen molar-refractivity contribution in [2.75, 3.05) is 4.90 Å². The first-order chi connectivity index (χ1) is 15.0. The molecule has 1 saturated heterocycles. The van der Waals surface area contributed by atoms with Gasteiger partial charge in [-0.05, 0) is 74.0 Å². The number of hydrogen-bond acceptors (Lipinski definition) is 5. The number of ether oxygens (including phenoxy) is 1. The third-order valence-electron chi connectivity index (χ3n) is 5.21. The third kappa shape index (κ3) is 4.36. The highest BCUT2D eigenvalue weighted by Gasteiger charge is 2.31. The van der Waals surface area contributed by atoms with Gasteiger partial charge in [-0.2, -0.15) is 0 Å². The van der Waals surface area contributed by atoms with E-state index in [4.69, 9.17) is 21.5 Å². The molecule has 0 spiro atoms. The maximum Gasteiger partial charge on any atom is 0.281 e. The first-order valence-corrected chi connectivity index (χ1v) is 10.5. The SMILES string of the molecule is CCc1cccc(N2C(=O)/C(=C\c3ccc(OCc4c(C)noc4C)cc3)NC2=S)c1. The number of aromatic nitrogens is 1. The van der Waals surface area contributed by atoms with E-state index >= 15 is 0 Å².